The number of nitrogens with two attached hydrogens (primary N) is 1. The van der Waals surface area contributed by atoms with E-state index in [2.05, 4.69) is 59.7 Å². The number of alkyl halides is 1. The van der Waals surface area contributed by atoms with Gasteiger partial charge in [-0.1, -0.05) is 19.2 Å². The van der Waals surface area contributed by atoms with Gasteiger partial charge < -0.3 is 48.3 Å². The number of hydrogen-bond acceptors (Lipinski definition) is 24. The first-order valence-corrected chi connectivity index (χ1v) is 28.0. The molecule has 0 aromatic carbocycles. The highest BCUT2D eigenvalue weighted by Crippen LogP contribution is 2.61. The number of likely N-dealkylation sites (N-methyl/N-ethyl adjacent to an activating group) is 1. The highest BCUT2D eigenvalue weighted by Gasteiger charge is 2.52. The normalized spacial score (nSPS) is 27.7. The second-order valence-electron chi connectivity index (χ2n) is 16.4. The summed E-state index contributed by atoms with van der Waals surface area (Å²) in [6, 6.07) is 0. The van der Waals surface area contributed by atoms with Gasteiger partial charge in [-0.2, -0.15) is 0 Å². The number of nitrogens with zero attached hydrogens (tertiary/aromatic N) is 10. The number of aromatic nitrogens is 8. The number of imide groups is 1. The lowest BCUT2D eigenvalue weighted by molar-refractivity contribution is -0.137. The topological polar surface area (TPSA) is 336 Å². The van der Waals surface area contributed by atoms with Crippen LogP contribution in [0.15, 0.2) is 49.5 Å². The number of carbonyl (C=O) groups excluding carboxylic acids is 4. The Bertz CT molecular complexity index is 2830. The Morgan fingerprint density at radius 1 is 0.838 bits per heavy atom. The molecule has 34 heteroatoms. The Balaban J connectivity index is 0.763. The fourth-order valence-electron chi connectivity index (χ4n) is 7.77. The minimum Gasteiger partial charge on any atom is -0.465 e. The Morgan fingerprint density at radius 2 is 1.46 bits per heavy atom. The van der Waals surface area contributed by atoms with Crippen molar-refractivity contribution in [3.05, 3.63) is 49.5 Å². The smallest absolute Gasteiger partial charge is 0.437 e. The number of halogens is 1. The van der Waals surface area contributed by atoms with Gasteiger partial charge in [-0.25, -0.2) is 48.2 Å². The van der Waals surface area contributed by atoms with E-state index >= 15 is 4.39 Å². The highest BCUT2D eigenvalue weighted by molar-refractivity contribution is 8.44. The lowest BCUT2D eigenvalue weighted by Crippen LogP contribution is -2.33. The summed E-state index contributed by atoms with van der Waals surface area (Å²) >= 11 is 8.26. The number of rotatable bonds is 21. The second-order valence-corrected chi connectivity index (χ2v) is 22.1. The molecule has 402 valence electrons. The van der Waals surface area contributed by atoms with Gasteiger partial charge >= 0.3 is 19.7 Å². The Kier molecular flexibility index (Phi) is 18.2. The fourth-order valence-corrected chi connectivity index (χ4v) is 10.6. The molecule has 4 amide bonds. The van der Waals surface area contributed by atoms with Crippen molar-refractivity contribution >= 4 is 95.9 Å². The van der Waals surface area contributed by atoms with Crippen molar-refractivity contribution in [2.24, 2.45) is 5.92 Å². The summed E-state index contributed by atoms with van der Waals surface area (Å²) in [7, 11) is 1.55. The number of fused-ring (bicyclic) bond motifs is 4. The number of amides is 4. The third kappa shape index (κ3) is 13.3. The quantitative estimate of drug-likeness (QED) is 0.0403. The summed E-state index contributed by atoms with van der Waals surface area (Å²) in [4.78, 5) is 76.0. The highest BCUT2D eigenvalue weighted by atomic mass is 32.7. The third-order valence-electron chi connectivity index (χ3n) is 11.5. The predicted molar refractivity (Wildman–Crippen MR) is 258 cm³/mol. The van der Waals surface area contributed by atoms with Crippen LogP contribution in [0.25, 0.3) is 22.3 Å². The zero-order valence-electron chi connectivity index (χ0n) is 39.4. The van der Waals surface area contributed by atoms with Gasteiger partial charge in [0.1, 0.15) is 55.8 Å². The van der Waals surface area contributed by atoms with E-state index in [0.717, 1.165) is 17.5 Å². The first-order valence-electron chi connectivity index (χ1n) is 22.6. The van der Waals surface area contributed by atoms with Gasteiger partial charge in [-0.15, -0.1) is 0 Å². The molecule has 4 aromatic rings. The van der Waals surface area contributed by atoms with Gasteiger partial charge in [-0.05, 0) is 12.2 Å². The number of anilines is 2. The second kappa shape index (κ2) is 24.5. The molecule has 29 nitrogen and oxygen atoms in total. The van der Waals surface area contributed by atoms with Crippen molar-refractivity contribution in [1.82, 2.24) is 48.8 Å². The van der Waals surface area contributed by atoms with E-state index < -0.39 is 74.9 Å². The van der Waals surface area contributed by atoms with Crippen LogP contribution < -0.4 is 11.1 Å². The number of carbonyl (C=O) groups is 4. The zero-order valence-corrected chi connectivity index (χ0v) is 43.0. The van der Waals surface area contributed by atoms with Crippen molar-refractivity contribution in [3.63, 3.8) is 0 Å². The molecule has 0 spiro atoms. The van der Waals surface area contributed by atoms with E-state index in [-0.39, 0.29) is 104 Å². The van der Waals surface area contributed by atoms with Crippen molar-refractivity contribution < 1.29 is 84.0 Å². The van der Waals surface area contributed by atoms with Gasteiger partial charge in [0.25, 0.3) is 11.8 Å². The van der Waals surface area contributed by atoms with Crippen molar-refractivity contribution in [3.8, 4) is 0 Å². The average Bonchev–Trinajstić information content (AvgIpc) is 4.19. The molecular weight excluding hydrogens is 1070 g/mol. The van der Waals surface area contributed by atoms with Gasteiger partial charge in [-0.3, -0.25) is 47.3 Å². The maximum atomic E-state index is 16.2. The molecule has 0 radical (unpaired) electrons. The minimum absolute atomic E-state index is 0.0183. The van der Waals surface area contributed by atoms with Crippen molar-refractivity contribution in [1.29, 1.82) is 0 Å². The summed E-state index contributed by atoms with van der Waals surface area (Å²) in [5.74, 6) is -2.03. The molecule has 0 unspecified atom stereocenters. The van der Waals surface area contributed by atoms with Crippen LogP contribution in [-0.2, 0) is 74.8 Å². The number of thiol groups is 2. The van der Waals surface area contributed by atoms with Crippen LogP contribution in [0.4, 0.5) is 20.8 Å². The molecule has 2 saturated heterocycles. The SMILES string of the molecule is C[C@@H]1[C@@H]2O[P@](=O)(S)O/C=C3\O[C@@H](n4cnc5c(N)ncnc54)[C@H](F)[C@@H]3O[P@](=O)(S)OC[C@H]2O[C@H]1n1cnc2c(NC(=O)OCCN(C)C(=O)CCOCCOCCOCCOCCN3C(=O)C=CC3=O)ncnc21. The van der Waals surface area contributed by atoms with Crippen molar-refractivity contribution in [2.45, 2.75) is 50.3 Å². The van der Waals surface area contributed by atoms with Crippen LogP contribution in [0.1, 0.15) is 25.8 Å². The zero-order chi connectivity index (χ0) is 52.6. The molecule has 4 aromatic heterocycles. The molecule has 4 aliphatic heterocycles. The van der Waals surface area contributed by atoms with Gasteiger partial charge in [0.15, 0.2) is 46.5 Å². The summed E-state index contributed by atoms with van der Waals surface area (Å²) in [6.45, 7) is -5.40. The van der Waals surface area contributed by atoms with E-state index in [0.29, 0.717) is 26.4 Å². The predicted octanol–water partition coefficient (Wildman–Crippen LogP) is 2.77. The average molecular weight is 1120 g/mol. The van der Waals surface area contributed by atoms with Crippen LogP contribution in [0, 0.1) is 5.92 Å². The molecule has 0 aliphatic carbocycles. The van der Waals surface area contributed by atoms with E-state index in [4.69, 9.17) is 57.0 Å². The van der Waals surface area contributed by atoms with E-state index in [1.807, 2.05) is 0 Å². The summed E-state index contributed by atoms with van der Waals surface area (Å²) in [6.07, 6.45) is -1.30. The van der Waals surface area contributed by atoms with Gasteiger partial charge in [0, 0.05) is 25.1 Å². The van der Waals surface area contributed by atoms with E-state index in [1.54, 1.807) is 14.0 Å². The van der Waals surface area contributed by atoms with Crippen LogP contribution in [-0.4, -0.2) is 183 Å². The molecule has 2 fully saturated rings. The van der Waals surface area contributed by atoms with E-state index in [9.17, 15) is 28.3 Å². The van der Waals surface area contributed by atoms with Crippen LogP contribution in [0.3, 0.4) is 0 Å². The number of nitrogen functional groups attached to an aromatic ring is 1. The maximum absolute atomic E-state index is 16.2. The van der Waals surface area contributed by atoms with Gasteiger partial charge in [0.05, 0.1) is 85.3 Å². The molecule has 0 saturated carbocycles. The molecule has 3 N–H and O–H groups in total. The molecular formula is C40H51FN12O17P2S2. The number of nitrogens with one attached hydrogen (secondary N) is 1. The molecule has 9 atom stereocenters. The van der Waals surface area contributed by atoms with Gasteiger partial charge in [0.2, 0.25) is 12.1 Å². The number of imidazole rings is 2. The first-order chi connectivity index (χ1) is 35.5. The monoisotopic (exact) mass is 1120 g/mol. The minimum atomic E-state index is -4.44. The lowest BCUT2D eigenvalue weighted by atomic mass is 10.0. The molecule has 4 aliphatic rings. The van der Waals surface area contributed by atoms with Crippen molar-refractivity contribution in [2.75, 3.05) is 97.3 Å². The Labute approximate surface area is 430 Å². The molecule has 8 rings (SSSR count). The third-order valence-corrected chi connectivity index (χ3v) is 14.5. The first kappa shape index (κ1) is 54.9. The summed E-state index contributed by atoms with van der Waals surface area (Å²) < 4.78 is 108. The molecule has 74 heavy (non-hydrogen) atoms. The maximum Gasteiger partial charge on any atom is 0.437 e. The lowest BCUT2D eigenvalue weighted by Gasteiger charge is -2.26. The molecule has 0 bridgehead atoms. The van der Waals surface area contributed by atoms with Crippen LogP contribution >= 0.6 is 38.1 Å². The largest absolute Gasteiger partial charge is 0.465 e. The molecule has 8 heterocycles. The Hall–Kier alpha value is -5.37. The summed E-state index contributed by atoms with van der Waals surface area (Å²) in [5, 5.41) is 2.53. The number of ether oxygens (including phenoxy) is 7. The van der Waals surface area contributed by atoms with E-state index in [1.165, 1.54) is 45.2 Å². The van der Waals surface area contributed by atoms with Crippen LogP contribution in [0.2, 0.25) is 0 Å². The summed E-state index contributed by atoms with van der Waals surface area (Å²) in [5.41, 5.74) is 6.50. The standard InChI is InChI=1S/C40H51FN12O17P2S2/c1-23-32-24(17-65-72(59,74)70-33-25(18-66-71(58,73)69-32)68-39(29(33)41)53-21-47-30-34(42)43-19-45-36(30)53)67-38(23)52-22-48-31-35(44-20-46-37(31)52)49-40(57)64-10-6-50(2)26(54)5-8-60-11-13-62-15-16-63-14-12-61-9-7-51-27(55)3-4-28(51)56/h3-4,18-24,29,32-33,38-39H,5-17H2,1-2H3,(H,58,73)(H,59,74)(H2,42,43,45)(H,44,46,49,57)/b25-18-/t23-,24-,29-,32+,33-,38-,39-,71-,72-/m1/s1. The van der Waals surface area contributed by atoms with Crippen LogP contribution in [0.5, 0.6) is 0 Å². The Morgan fingerprint density at radius 3 is 2.16 bits per heavy atom. The number of hydrogen-bond donors (Lipinski definition) is 4. The fraction of sp³-hybridized carbons (Fsp3) is 0.550.